The van der Waals surface area contributed by atoms with Gasteiger partial charge in [0.25, 0.3) is 0 Å². The third kappa shape index (κ3) is 5.22. The van der Waals surface area contributed by atoms with Crippen LogP contribution in [0.25, 0.3) is 0 Å². The summed E-state index contributed by atoms with van der Waals surface area (Å²) < 4.78 is 27.0. The molecule has 0 aromatic heterocycles. The zero-order chi connectivity index (χ0) is 26.7. The minimum Gasteiger partial charge on any atom is -0.396 e. The molecular formula is C22H38N2O10Si2. The van der Waals surface area contributed by atoms with Gasteiger partial charge < -0.3 is 27.2 Å². The van der Waals surface area contributed by atoms with Crippen molar-refractivity contribution in [2.24, 2.45) is 23.7 Å². The van der Waals surface area contributed by atoms with E-state index in [-0.39, 0.29) is 55.8 Å². The van der Waals surface area contributed by atoms with Gasteiger partial charge in [-0.05, 0) is 31.7 Å². The Labute approximate surface area is 213 Å². The number of aliphatic hydroxyl groups excluding tert-OH is 1. The highest BCUT2D eigenvalue weighted by Gasteiger charge is 2.59. The van der Waals surface area contributed by atoms with Gasteiger partial charge >= 0.3 is 17.4 Å². The average Bonchev–Trinajstić information content (AvgIpc) is 3.28. The Kier molecular flexibility index (Phi) is 9.59. The Bertz CT molecular complexity index is 726. The van der Waals surface area contributed by atoms with Gasteiger partial charge in [0.15, 0.2) is 0 Å². The summed E-state index contributed by atoms with van der Waals surface area (Å²) >= 11 is 0. The average molecular weight is 547 g/mol. The molecule has 0 aromatic carbocycles. The van der Waals surface area contributed by atoms with Crippen molar-refractivity contribution in [3.8, 4) is 0 Å². The van der Waals surface area contributed by atoms with E-state index in [9.17, 15) is 24.3 Å². The number of carbonyl (C=O) groups is 4. The molecule has 0 spiro atoms. The Morgan fingerprint density at radius 1 is 0.667 bits per heavy atom. The van der Waals surface area contributed by atoms with Crippen LogP contribution in [0.1, 0.15) is 25.7 Å². The first kappa shape index (κ1) is 29.0. The number of likely N-dealkylation sites (tertiary alicyclic amines) is 2. The normalized spacial score (nSPS) is 26.7. The Morgan fingerprint density at radius 2 is 1.03 bits per heavy atom. The van der Waals surface area contributed by atoms with E-state index in [1.807, 2.05) is 0 Å². The number of nitrogens with zero attached hydrogens (tertiary/aromatic N) is 2. The lowest BCUT2D eigenvalue weighted by atomic mass is 9.70. The minimum atomic E-state index is -2.82. The van der Waals surface area contributed by atoms with Gasteiger partial charge in [0, 0.05) is 54.7 Å². The molecule has 1 aliphatic carbocycles. The number of aliphatic hydroxyl groups is 1. The van der Waals surface area contributed by atoms with E-state index >= 15 is 0 Å². The highest BCUT2D eigenvalue weighted by atomic mass is 28.4. The number of imide groups is 2. The first-order chi connectivity index (χ1) is 17.2. The van der Waals surface area contributed by atoms with Crippen LogP contribution in [0.4, 0.5) is 0 Å². The van der Waals surface area contributed by atoms with Crippen LogP contribution in [0.3, 0.4) is 0 Å². The molecule has 14 heteroatoms. The summed E-state index contributed by atoms with van der Waals surface area (Å²) in [6.45, 7) is 0.411. The van der Waals surface area contributed by atoms with Crippen molar-refractivity contribution >= 4 is 41.0 Å². The molecule has 36 heavy (non-hydrogen) atoms. The lowest BCUT2D eigenvalue weighted by Crippen LogP contribution is -2.45. The summed E-state index contributed by atoms with van der Waals surface area (Å²) in [5, 5.41) is 9.62. The van der Waals surface area contributed by atoms with Gasteiger partial charge in [0.2, 0.25) is 23.6 Å². The molecule has 4 atom stereocenters. The SMILES string of the molecule is CO[Si](CO)(CCCN1C(=O)C2CC3C(=O)N(CCC[Si](OC)(OC)OC)C(=O)C3CC2C1=O)OC. The first-order valence-corrected chi connectivity index (χ1v) is 16.4. The molecule has 2 heterocycles. The van der Waals surface area contributed by atoms with Gasteiger partial charge in [-0.15, -0.1) is 0 Å². The van der Waals surface area contributed by atoms with Crippen molar-refractivity contribution in [2.75, 3.05) is 54.9 Å². The van der Waals surface area contributed by atoms with Crippen molar-refractivity contribution < 1.29 is 46.4 Å². The number of amides is 4. The molecule has 2 saturated heterocycles. The van der Waals surface area contributed by atoms with E-state index in [0.717, 1.165) is 0 Å². The Balaban J connectivity index is 1.61. The number of fused-ring (bicyclic) bond motifs is 2. The molecule has 3 fully saturated rings. The lowest BCUT2D eigenvalue weighted by molar-refractivity contribution is -0.140. The molecule has 3 rings (SSSR count). The summed E-state index contributed by atoms with van der Waals surface area (Å²) in [6.07, 6.45) is 1.10. The smallest absolute Gasteiger partial charge is 0.396 e. The van der Waals surface area contributed by atoms with Gasteiger partial charge in [-0.1, -0.05) is 0 Å². The van der Waals surface area contributed by atoms with Crippen LogP contribution in [0.2, 0.25) is 12.1 Å². The summed E-state index contributed by atoms with van der Waals surface area (Å²) in [5.41, 5.74) is 0. The zero-order valence-electron chi connectivity index (χ0n) is 21.7. The molecule has 1 saturated carbocycles. The minimum absolute atomic E-state index is 0.194. The van der Waals surface area contributed by atoms with Crippen LogP contribution in [-0.4, -0.2) is 111 Å². The molecule has 2 aliphatic heterocycles. The topological polar surface area (TPSA) is 141 Å². The molecule has 4 unspecified atom stereocenters. The molecule has 1 N–H and O–H groups in total. The lowest BCUT2D eigenvalue weighted by Gasteiger charge is -2.28. The molecule has 0 bridgehead atoms. The standard InChI is InChI=1S/C22H38N2O10Si2/c1-30-35(14-25,31-2)10-6-8-23-19(26)15-12-17-18(13-16(15)20(23)27)22(29)24(21(17)28)9-7-11-36(32-3,33-4)34-5/h15-18,25H,6-14H2,1-5H3. The number of hydrogen-bond acceptors (Lipinski definition) is 10. The fraction of sp³-hybridized carbons (Fsp3) is 0.818. The van der Waals surface area contributed by atoms with Gasteiger partial charge in [-0.25, -0.2) is 0 Å². The predicted octanol–water partition coefficient (Wildman–Crippen LogP) is -0.0926. The molecule has 12 nitrogen and oxygen atoms in total. The van der Waals surface area contributed by atoms with Crippen LogP contribution >= 0.6 is 0 Å². The zero-order valence-corrected chi connectivity index (χ0v) is 23.7. The molecule has 3 aliphatic rings. The van der Waals surface area contributed by atoms with E-state index in [1.165, 1.54) is 45.3 Å². The van der Waals surface area contributed by atoms with Crippen LogP contribution in [0.15, 0.2) is 0 Å². The molecule has 4 amide bonds. The number of carbonyl (C=O) groups excluding carboxylic acids is 4. The fourth-order valence-corrected chi connectivity index (χ4v) is 9.16. The highest BCUT2D eigenvalue weighted by molar-refractivity contribution is 6.67. The first-order valence-electron chi connectivity index (χ1n) is 12.2. The Hall–Kier alpha value is -1.53. The van der Waals surface area contributed by atoms with E-state index < -0.39 is 41.0 Å². The van der Waals surface area contributed by atoms with Crippen molar-refractivity contribution in [1.82, 2.24) is 9.80 Å². The largest absolute Gasteiger partial charge is 0.500 e. The van der Waals surface area contributed by atoms with E-state index in [4.69, 9.17) is 22.1 Å². The molecule has 0 radical (unpaired) electrons. The van der Waals surface area contributed by atoms with Crippen molar-refractivity contribution in [3.05, 3.63) is 0 Å². The van der Waals surface area contributed by atoms with Gasteiger partial charge in [0.1, 0.15) is 0 Å². The third-order valence-electron chi connectivity index (χ3n) is 8.04. The second-order valence-electron chi connectivity index (χ2n) is 9.53. The summed E-state index contributed by atoms with van der Waals surface area (Å²) in [7, 11) is 1.92. The maximum Gasteiger partial charge on any atom is 0.500 e. The second-order valence-corrected chi connectivity index (χ2v) is 16.1. The van der Waals surface area contributed by atoms with E-state index in [1.54, 1.807) is 0 Å². The molecule has 204 valence electrons. The van der Waals surface area contributed by atoms with Crippen LogP contribution < -0.4 is 0 Å². The van der Waals surface area contributed by atoms with Gasteiger partial charge in [-0.3, -0.25) is 29.0 Å². The summed E-state index contributed by atoms with van der Waals surface area (Å²) in [5.74, 6) is -3.47. The summed E-state index contributed by atoms with van der Waals surface area (Å²) in [4.78, 5) is 55.0. The van der Waals surface area contributed by atoms with Crippen molar-refractivity contribution in [2.45, 2.75) is 37.8 Å². The predicted molar refractivity (Wildman–Crippen MR) is 129 cm³/mol. The monoisotopic (exact) mass is 546 g/mol. The maximum absolute atomic E-state index is 13.1. The highest BCUT2D eigenvalue weighted by Crippen LogP contribution is 2.47. The quantitative estimate of drug-likeness (QED) is 0.232. The Morgan fingerprint density at radius 3 is 1.33 bits per heavy atom. The van der Waals surface area contributed by atoms with Crippen LogP contribution in [0, 0.1) is 23.7 Å². The third-order valence-corrected chi connectivity index (χ3v) is 14.0. The van der Waals surface area contributed by atoms with Crippen molar-refractivity contribution in [3.63, 3.8) is 0 Å². The second kappa shape index (κ2) is 11.9. The van der Waals surface area contributed by atoms with Gasteiger partial charge in [0.05, 0.1) is 29.9 Å². The van der Waals surface area contributed by atoms with E-state index in [0.29, 0.717) is 24.9 Å². The van der Waals surface area contributed by atoms with E-state index in [2.05, 4.69) is 0 Å². The summed E-state index contributed by atoms with van der Waals surface area (Å²) in [6, 6.07) is 0.881. The number of rotatable bonds is 14. The fourth-order valence-electron chi connectivity index (χ4n) is 5.77. The van der Waals surface area contributed by atoms with Crippen LogP contribution in [0.5, 0.6) is 0 Å². The molecule has 0 aromatic rings. The number of hydrogen-bond donors (Lipinski definition) is 1. The van der Waals surface area contributed by atoms with Crippen molar-refractivity contribution in [1.29, 1.82) is 0 Å². The molecular weight excluding hydrogens is 508 g/mol. The maximum atomic E-state index is 13.1. The van der Waals surface area contributed by atoms with Crippen LogP contribution in [-0.2, 0) is 41.3 Å². The van der Waals surface area contributed by atoms with Gasteiger partial charge in [-0.2, -0.15) is 0 Å².